The second-order valence-electron chi connectivity index (χ2n) is 5.17. The molecule has 7 heteroatoms. The summed E-state index contributed by atoms with van der Waals surface area (Å²) in [6, 6.07) is 3.38. The molecule has 1 aliphatic heterocycles. The third-order valence-electron chi connectivity index (χ3n) is 3.70. The topological polar surface area (TPSA) is 73.9 Å². The molecule has 0 aromatic heterocycles. The van der Waals surface area contributed by atoms with Gasteiger partial charge in [-0.25, -0.2) is 9.79 Å². The molecule has 0 spiro atoms. The number of allylic oxidation sites excluding steroid dienone is 3. The van der Waals surface area contributed by atoms with Crippen molar-refractivity contribution < 1.29 is 14.3 Å². The highest BCUT2D eigenvalue weighted by Gasteiger charge is 2.22. The van der Waals surface area contributed by atoms with Crippen LogP contribution in [0.5, 0.6) is 5.75 Å². The summed E-state index contributed by atoms with van der Waals surface area (Å²) in [5.41, 5.74) is 8.20. The number of hydrogen-bond acceptors (Lipinski definition) is 5. The van der Waals surface area contributed by atoms with Crippen LogP contribution in [0.1, 0.15) is 18.4 Å². The summed E-state index contributed by atoms with van der Waals surface area (Å²) >= 11 is 12.5. The summed E-state index contributed by atoms with van der Waals surface area (Å²) < 4.78 is 10.1. The molecule has 0 amide bonds. The second-order valence-corrected chi connectivity index (χ2v) is 5.95. The van der Waals surface area contributed by atoms with E-state index in [0.717, 1.165) is 0 Å². The number of benzene rings is 1. The molecule has 1 aromatic carbocycles. The lowest BCUT2D eigenvalue weighted by Gasteiger charge is -2.16. The maximum absolute atomic E-state index is 12.2. The Morgan fingerprint density at radius 2 is 2.08 bits per heavy atom. The third-order valence-corrected chi connectivity index (χ3v) is 4.37. The number of ether oxygens (including phenoxy) is 2. The van der Waals surface area contributed by atoms with Crippen LogP contribution >= 0.6 is 23.2 Å². The number of hydrogen-bond donors (Lipinski definition) is 1. The van der Waals surface area contributed by atoms with Crippen LogP contribution in [-0.4, -0.2) is 25.9 Å². The van der Waals surface area contributed by atoms with Crippen molar-refractivity contribution in [3.05, 3.63) is 57.7 Å². The van der Waals surface area contributed by atoms with Crippen molar-refractivity contribution in [3.8, 4) is 5.75 Å². The van der Waals surface area contributed by atoms with Crippen molar-refractivity contribution in [2.45, 2.75) is 12.8 Å². The number of aliphatic imine (C=N–C) groups is 1. The predicted octanol–water partition coefficient (Wildman–Crippen LogP) is 4.15. The molecular weight excluding hydrogens is 363 g/mol. The van der Waals surface area contributed by atoms with Crippen LogP contribution in [0, 0.1) is 0 Å². The molecule has 0 aliphatic carbocycles. The molecule has 0 saturated carbocycles. The van der Waals surface area contributed by atoms with Gasteiger partial charge in [-0.2, -0.15) is 0 Å². The Kier molecular flexibility index (Phi) is 6.28. The molecule has 1 aromatic rings. The average molecular weight is 381 g/mol. The molecule has 0 radical (unpaired) electrons. The van der Waals surface area contributed by atoms with Gasteiger partial charge in [0, 0.05) is 16.8 Å². The van der Waals surface area contributed by atoms with E-state index in [4.69, 9.17) is 38.4 Å². The van der Waals surface area contributed by atoms with Gasteiger partial charge in [-0.15, -0.1) is 0 Å². The number of carbonyl (C=O) groups excluding carboxylic acids is 1. The lowest BCUT2D eigenvalue weighted by molar-refractivity contribution is -0.132. The minimum absolute atomic E-state index is 0.0749. The summed E-state index contributed by atoms with van der Waals surface area (Å²) in [6.45, 7) is 3.72. The van der Waals surface area contributed by atoms with E-state index in [1.807, 2.05) is 6.08 Å². The van der Waals surface area contributed by atoms with Crippen molar-refractivity contribution in [1.82, 2.24) is 0 Å². The molecule has 2 rings (SSSR count). The SMILES string of the molecule is C=CC1=C(N)CCC=C(c2ccc(Cl)c(OC)c2Cl)N=C1C(=O)OC. The Labute approximate surface area is 156 Å². The Balaban J connectivity index is 2.68. The van der Waals surface area contributed by atoms with Crippen LogP contribution in [0.4, 0.5) is 0 Å². The van der Waals surface area contributed by atoms with E-state index < -0.39 is 5.97 Å². The van der Waals surface area contributed by atoms with Gasteiger partial charge in [0.2, 0.25) is 0 Å². The van der Waals surface area contributed by atoms with E-state index in [-0.39, 0.29) is 5.71 Å². The molecule has 1 aliphatic rings. The van der Waals surface area contributed by atoms with Crippen LogP contribution in [0.15, 0.2) is 47.1 Å². The standard InChI is InChI=1S/C18H18Cl2N2O3/c1-4-10-13(21)6-5-7-14(22-16(10)18(23)25-3)11-8-9-12(19)17(24-2)15(11)20/h4,7-9H,1,5-6,21H2,2-3H3. The first-order chi connectivity index (χ1) is 11.9. The maximum Gasteiger partial charge on any atom is 0.357 e. The van der Waals surface area contributed by atoms with E-state index >= 15 is 0 Å². The summed E-state index contributed by atoms with van der Waals surface area (Å²) in [5.74, 6) is -0.264. The van der Waals surface area contributed by atoms with Crippen molar-refractivity contribution in [2.75, 3.05) is 14.2 Å². The minimum Gasteiger partial charge on any atom is -0.494 e. The van der Waals surface area contributed by atoms with E-state index in [0.29, 0.717) is 51.2 Å². The van der Waals surface area contributed by atoms with Crippen LogP contribution in [-0.2, 0) is 9.53 Å². The highest BCUT2D eigenvalue weighted by molar-refractivity contribution is 6.45. The summed E-state index contributed by atoms with van der Waals surface area (Å²) in [4.78, 5) is 16.6. The summed E-state index contributed by atoms with van der Waals surface area (Å²) in [5, 5.41) is 0.697. The van der Waals surface area contributed by atoms with Gasteiger partial charge >= 0.3 is 5.97 Å². The minimum atomic E-state index is -0.609. The highest BCUT2D eigenvalue weighted by Crippen LogP contribution is 2.39. The van der Waals surface area contributed by atoms with E-state index in [1.165, 1.54) is 20.3 Å². The number of methoxy groups -OCH3 is 2. The fourth-order valence-corrected chi connectivity index (χ4v) is 3.07. The van der Waals surface area contributed by atoms with Crippen LogP contribution in [0.3, 0.4) is 0 Å². The normalized spacial score (nSPS) is 14.9. The Morgan fingerprint density at radius 3 is 2.68 bits per heavy atom. The first kappa shape index (κ1) is 19.1. The molecule has 0 fully saturated rings. The molecule has 132 valence electrons. The zero-order valence-corrected chi connectivity index (χ0v) is 15.4. The molecule has 0 unspecified atom stereocenters. The lowest BCUT2D eigenvalue weighted by atomic mass is 10.0. The molecule has 2 N–H and O–H groups in total. The number of carbonyl (C=O) groups is 1. The van der Waals surface area contributed by atoms with E-state index in [9.17, 15) is 4.79 Å². The molecule has 0 saturated heterocycles. The van der Waals surface area contributed by atoms with Crippen molar-refractivity contribution in [3.63, 3.8) is 0 Å². The zero-order chi connectivity index (χ0) is 18.6. The lowest BCUT2D eigenvalue weighted by Crippen LogP contribution is -2.21. The molecular formula is C18H18Cl2N2O3. The van der Waals surface area contributed by atoms with Gasteiger partial charge in [0.1, 0.15) is 0 Å². The third kappa shape index (κ3) is 3.89. The number of nitrogens with two attached hydrogens (primary N) is 1. The van der Waals surface area contributed by atoms with Crippen molar-refractivity contribution in [2.24, 2.45) is 10.7 Å². The first-order valence-corrected chi connectivity index (χ1v) is 8.21. The number of rotatable bonds is 4. The van der Waals surface area contributed by atoms with Gasteiger partial charge in [-0.05, 0) is 25.0 Å². The summed E-state index contributed by atoms with van der Waals surface area (Å²) in [7, 11) is 2.76. The Hall–Kier alpha value is -2.24. The second kappa shape index (κ2) is 8.23. The van der Waals surface area contributed by atoms with Gasteiger partial charge < -0.3 is 15.2 Å². The van der Waals surface area contributed by atoms with Gasteiger partial charge in [0.25, 0.3) is 0 Å². The maximum atomic E-state index is 12.2. The fraction of sp³-hybridized carbons (Fsp3) is 0.222. The van der Waals surface area contributed by atoms with Crippen molar-refractivity contribution in [1.29, 1.82) is 0 Å². The average Bonchev–Trinajstić information content (AvgIpc) is 2.58. The van der Waals surface area contributed by atoms with Gasteiger partial charge in [0.05, 0.1) is 30.0 Å². The monoisotopic (exact) mass is 380 g/mol. The molecule has 25 heavy (non-hydrogen) atoms. The zero-order valence-electron chi connectivity index (χ0n) is 13.9. The summed E-state index contributed by atoms with van der Waals surface area (Å²) in [6.07, 6.45) is 4.52. The van der Waals surface area contributed by atoms with Crippen LogP contribution in [0.2, 0.25) is 10.0 Å². The Morgan fingerprint density at radius 1 is 1.36 bits per heavy atom. The largest absolute Gasteiger partial charge is 0.494 e. The number of halogens is 2. The van der Waals surface area contributed by atoms with E-state index in [1.54, 1.807) is 12.1 Å². The quantitative estimate of drug-likeness (QED) is 0.796. The number of nitrogens with zero attached hydrogens (tertiary/aromatic N) is 1. The van der Waals surface area contributed by atoms with Crippen LogP contribution < -0.4 is 10.5 Å². The molecule has 5 nitrogen and oxygen atoms in total. The predicted molar refractivity (Wildman–Crippen MR) is 101 cm³/mol. The van der Waals surface area contributed by atoms with Crippen LogP contribution in [0.25, 0.3) is 5.70 Å². The van der Waals surface area contributed by atoms with Gasteiger partial charge in [-0.3, -0.25) is 0 Å². The highest BCUT2D eigenvalue weighted by atomic mass is 35.5. The molecule has 0 atom stereocenters. The van der Waals surface area contributed by atoms with Gasteiger partial charge in [-0.1, -0.05) is 41.9 Å². The fourth-order valence-electron chi connectivity index (χ4n) is 2.45. The first-order valence-electron chi connectivity index (χ1n) is 7.45. The Bertz CT molecular complexity index is 811. The van der Waals surface area contributed by atoms with Gasteiger partial charge in [0.15, 0.2) is 11.5 Å². The number of esters is 1. The molecule has 1 heterocycles. The molecule has 0 bridgehead atoms. The smallest absolute Gasteiger partial charge is 0.357 e. The van der Waals surface area contributed by atoms with E-state index in [2.05, 4.69) is 11.6 Å². The van der Waals surface area contributed by atoms with Crippen molar-refractivity contribution >= 4 is 40.6 Å².